The van der Waals surface area contributed by atoms with Crippen LogP contribution in [-0.4, -0.2) is 46.3 Å². The van der Waals surface area contributed by atoms with Crippen LogP contribution in [0.25, 0.3) is 11.3 Å². The van der Waals surface area contributed by atoms with Gasteiger partial charge in [-0.3, -0.25) is 4.79 Å². The fourth-order valence-corrected chi connectivity index (χ4v) is 3.24. The minimum atomic E-state index is -0.187. The molecule has 132 valence electrons. The highest BCUT2D eigenvalue weighted by atomic mass is 16.1. The molecule has 0 spiro atoms. The van der Waals surface area contributed by atoms with E-state index < -0.39 is 0 Å². The van der Waals surface area contributed by atoms with Crippen molar-refractivity contribution in [3.8, 4) is 11.3 Å². The van der Waals surface area contributed by atoms with E-state index in [1.807, 2.05) is 43.3 Å². The van der Waals surface area contributed by atoms with Gasteiger partial charge in [0.1, 0.15) is 17.3 Å². The molecule has 0 bridgehead atoms. The largest absolute Gasteiger partial charge is 0.366 e. The zero-order valence-electron chi connectivity index (χ0n) is 14.6. The van der Waals surface area contributed by atoms with Crippen molar-refractivity contribution in [2.75, 3.05) is 36.0 Å². The van der Waals surface area contributed by atoms with Crippen molar-refractivity contribution in [2.24, 2.45) is 0 Å². The third-order valence-corrected chi connectivity index (χ3v) is 4.54. The summed E-state index contributed by atoms with van der Waals surface area (Å²) in [5, 5.41) is 6.86. The van der Waals surface area contributed by atoms with Gasteiger partial charge in [0.15, 0.2) is 0 Å². The summed E-state index contributed by atoms with van der Waals surface area (Å²) in [5.41, 5.74) is 2.48. The first-order valence-corrected chi connectivity index (χ1v) is 8.65. The highest BCUT2D eigenvalue weighted by Gasteiger charge is 2.22. The van der Waals surface area contributed by atoms with Gasteiger partial charge >= 0.3 is 0 Å². The van der Waals surface area contributed by atoms with Crippen molar-refractivity contribution in [1.82, 2.24) is 20.2 Å². The summed E-state index contributed by atoms with van der Waals surface area (Å²) >= 11 is 0. The van der Waals surface area contributed by atoms with Crippen LogP contribution in [0.3, 0.4) is 0 Å². The van der Waals surface area contributed by atoms with E-state index in [4.69, 9.17) is 0 Å². The highest BCUT2D eigenvalue weighted by Crippen LogP contribution is 2.28. The van der Waals surface area contributed by atoms with Gasteiger partial charge in [0.2, 0.25) is 0 Å². The normalized spacial score (nSPS) is 14.5. The van der Waals surface area contributed by atoms with Crippen LogP contribution in [-0.2, 0) is 0 Å². The Morgan fingerprint density at radius 2 is 1.73 bits per heavy atom. The molecule has 3 heterocycles. The number of hydrogen-bond donors (Lipinski definition) is 1. The minimum Gasteiger partial charge on any atom is -0.366 e. The van der Waals surface area contributed by atoms with E-state index in [0.717, 1.165) is 54.8 Å². The Morgan fingerprint density at radius 3 is 2.46 bits per heavy atom. The molecule has 0 saturated carbocycles. The fourth-order valence-electron chi connectivity index (χ4n) is 3.24. The smallest absolute Gasteiger partial charge is 0.266 e. The van der Waals surface area contributed by atoms with Gasteiger partial charge in [0.25, 0.3) is 5.56 Å². The predicted molar refractivity (Wildman–Crippen MR) is 101 cm³/mol. The van der Waals surface area contributed by atoms with Gasteiger partial charge in [0, 0.05) is 44.0 Å². The second-order valence-electron chi connectivity index (χ2n) is 6.27. The van der Waals surface area contributed by atoms with E-state index in [0.29, 0.717) is 0 Å². The lowest BCUT2D eigenvalue weighted by Gasteiger charge is -2.37. The Hall–Kier alpha value is -3.22. The monoisotopic (exact) mass is 348 g/mol. The number of nitrogens with zero attached hydrogens (tertiary/aromatic N) is 5. The van der Waals surface area contributed by atoms with Crippen LogP contribution in [0, 0.1) is 6.92 Å². The van der Waals surface area contributed by atoms with Crippen LogP contribution in [0.5, 0.6) is 0 Å². The molecule has 2 aromatic heterocycles. The molecule has 1 N–H and O–H groups in total. The molecule has 1 aromatic carbocycles. The van der Waals surface area contributed by atoms with Crippen molar-refractivity contribution in [1.29, 1.82) is 0 Å². The van der Waals surface area contributed by atoms with Gasteiger partial charge < -0.3 is 9.80 Å². The molecular formula is C19H20N6O. The summed E-state index contributed by atoms with van der Waals surface area (Å²) < 4.78 is 0. The predicted octanol–water partition coefficient (Wildman–Crippen LogP) is 1.86. The standard InChI is InChI=1S/C19H20N6O/c1-14-20-8-7-17(21-14)25-11-9-24(10-12-25)16-13-18(26)22-23-19(16)15-5-3-2-4-6-15/h2-8,13H,9-12H2,1H3,(H,22,26). The molecule has 1 aliphatic heterocycles. The quantitative estimate of drug-likeness (QED) is 0.778. The van der Waals surface area contributed by atoms with Crippen LogP contribution in [0.2, 0.25) is 0 Å². The number of aryl methyl sites for hydroxylation is 1. The summed E-state index contributed by atoms with van der Waals surface area (Å²) in [7, 11) is 0. The van der Waals surface area contributed by atoms with Crippen molar-refractivity contribution in [3.63, 3.8) is 0 Å². The Bertz CT molecular complexity index is 947. The Balaban J connectivity index is 1.58. The molecule has 1 fully saturated rings. The van der Waals surface area contributed by atoms with Gasteiger partial charge in [-0.15, -0.1) is 0 Å². The molecule has 0 aliphatic carbocycles. The Kier molecular flexibility index (Phi) is 4.35. The molecule has 3 aromatic rings. The number of benzene rings is 1. The lowest BCUT2D eigenvalue weighted by atomic mass is 10.1. The summed E-state index contributed by atoms with van der Waals surface area (Å²) in [6, 6.07) is 13.5. The zero-order chi connectivity index (χ0) is 17.9. The van der Waals surface area contributed by atoms with Crippen molar-refractivity contribution in [2.45, 2.75) is 6.92 Å². The van der Waals surface area contributed by atoms with Crippen LogP contribution < -0.4 is 15.4 Å². The van der Waals surface area contributed by atoms with Gasteiger partial charge in [-0.2, -0.15) is 5.10 Å². The number of piperazine rings is 1. The fraction of sp³-hybridized carbons (Fsp3) is 0.263. The van der Waals surface area contributed by atoms with E-state index >= 15 is 0 Å². The molecule has 4 rings (SSSR count). The summed E-state index contributed by atoms with van der Waals surface area (Å²) in [4.78, 5) is 25.0. The van der Waals surface area contributed by atoms with Crippen LogP contribution >= 0.6 is 0 Å². The third-order valence-electron chi connectivity index (χ3n) is 4.54. The van der Waals surface area contributed by atoms with Crippen LogP contribution in [0.1, 0.15) is 5.82 Å². The van der Waals surface area contributed by atoms with Crippen molar-refractivity contribution >= 4 is 11.5 Å². The molecule has 0 amide bonds. The number of aromatic amines is 1. The van der Waals surface area contributed by atoms with Gasteiger partial charge in [-0.25, -0.2) is 15.1 Å². The van der Waals surface area contributed by atoms with E-state index in [9.17, 15) is 4.79 Å². The molecule has 7 heteroatoms. The van der Waals surface area contributed by atoms with Gasteiger partial charge in [0.05, 0.1) is 5.69 Å². The molecule has 0 atom stereocenters. The summed E-state index contributed by atoms with van der Waals surface area (Å²) in [5.74, 6) is 1.72. The Morgan fingerprint density at radius 1 is 1.00 bits per heavy atom. The number of H-pyrrole nitrogens is 1. The molecule has 7 nitrogen and oxygen atoms in total. The lowest BCUT2D eigenvalue weighted by molar-refractivity contribution is 0.644. The van der Waals surface area contributed by atoms with Crippen molar-refractivity contribution in [3.05, 3.63) is 64.8 Å². The topological polar surface area (TPSA) is 78.0 Å². The minimum absolute atomic E-state index is 0.187. The van der Waals surface area contributed by atoms with Crippen LogP contribution in [0.4, 0.5) is 11.5 Å². The molecule has 0 unspecified atom stereocenters. The number of anilines is 2. The third kappa shape index (κ3) is 3.28. The number of nitrogens with one attached hydrogen (secondary N) is 1. The number of rotatable bonds is 3. The maximum absolute atomic E-state index is 11.9. The number of hydrogen-bond acceptors (Lipinski definition) is 6. The van der Waals surface area contributed by atoms with E-state index in [2.05, 4.69) is 30.0 Å². The highest BCUT2D eigenvalue weighted by molar-refractivity contribution is 5.74. The SMILES string of the molecule is Cc1nccc(N2CCN(c3cc(=O)[nH]nc3-c3ccccc3)CC2)n1. The molecule has 26 heavy (non-hydrogen) atoms. The lowest BCUT2D eigenvalue weighted by Crippen LogP contribution is -2.47. The van der Waals surface area contributed by atoms with E-state index in [-0.39, 0.29) is 5.56 Å². The number of aromatic nitrogens is 4. The maximum Gasteiger partial charge on any atom is 0.266 e. The zero-order valence-corrected chi connectivity index (χ0v) is 14.6. The first-order chi connectivity index (χ1) is 12.7. The summed E-state index contributed by atoms with van der Waals surface area (Å²) in [6.45, 7) is 5.16. The Labute approximate surface area is 151 Å². The van der Waals surface area contributed by atoms with E-state index in [1.165, 1.54) is 0 Å². The van der Waals surface area contributed by atoms with Crippen molar-refractivity contribution < 1.29 is 0 Å². The second-order valence-corrected chi connectivity index (χ2v) is 6.27. The average molecular weight is 348 g/mol. The molecule has 0 radical (unpaired) electrons. The second kappa shape index (κ2) is 6.95. The maximum atomic E-state index is 11.9. The van der Waals surface area contributed by atoms with Gasteiger partial charge in [-0.05, 0) is 13.0 Å². The molecule has 1 saturated heterocycles. The first kappa shape index (κ1) is 16.3. The van der Waals surface area contributed by atoms with Crippen LogP contribution in [0.15, 0.2) is 53.5 Å². The average Bonchev–Trinajstić information content (AvgIpc) is 2.69. The van der Waals surface area contributed by atoms with Gasteiger partial charge in [-0.1, -0.05) is 30.3 Å². The summed E-state index contributed by atoms with van der Waals surface area (Å²) in [6.07, 6.45) is 1.79. The van der Waals surface area contributed by atoms with E-state index in [1.54, 1.807) is 12.3 Å². The molecular weight excluding hydrogens is 328 g/mol. The first-order valence-electron chi connectivity index (χ1n) is 8.65. The molecule has 1 aliphatic rings.